The van der Waals surface area contributed by atoms with Crippen LogP contribution in [0.4, 0.5) is 0 Å². The van der Waals surface area contributed by atoms with Gasteiger partial charge in [0.1, 0.15) is 10.8 Å². The van der Waals surface area contributed by atoms with E-state index in [4.69, 9.17) is 0 Å². The zero-order chi connectivity index (χ0) is 20.8. The molecule has 2 heterocycles. The van der Waals surface area contributed by atoms with Crippen molar-refractivity contribution in [2.75, 3.05) is 12.8 Å². The third kappa shape index (κ3) is 4.36. The topological polar surface area (TPSA) is 55.4 Å². The monoisotopic (exact) mass is 434 g/mol. The summed E-state index contributed by atoms with van der Waals surface area (Å²) in [5, 5.41) is 0. The quantitative estimate of drug-likeness (QED) is 0.500. The molecule has 6 heteroatoms. The number of hydrogen-bond donors (Lipinski definition) is 1. The van der Waals surface area contributed by atoms with Crippen LogP contribution < -0.4 is 4.72 Å². The number of benzene rings is 1. The number of hydrogen-bond acceptors (Lipinski definition) is 4. The predicted octanol–water partition coefficient (Wildman–Crippen LogP) is 4.68. The standard InChI is InChI=1S/C23H34N2O2S2/c1-22(2,3)29(27)24-20(23-13-11-18(12-14-23)21(26)25(23)4)17-7-9-19(10-8-17)28-15-16-5-6-16/h7-10,16,18,20,24H,5-6,11-15H2,1-4H3/t18?,20-,23?,29-/m1/s1. The molecular formula is C23H34N2O2S2. The lowest BCUT2D eigenvalue weighted by Gasteiger charge is -2.56. The Kier molecular flexibility index (Phi) is 6.02. The zero-order valence-corrected chi connectivity index (χ0v) is 19.7. The molecule has 2 aliphatic carbocycles. The van der Waals surface area contributed by atoms with Crippen molar-refractivity contribution in [3.05, 3.63) is 29.8 Å². The molecule has 0 unspecified atom stereocenters. The second-order valence-corrected chi connectivity index (χ2v) is 13.1. The van der Waals surface area contributed by atoms with Crippen LogP contribution in [0.25, 0.3) is 0 Å². The van der Waals surface area contributed by atoms with Crippen molar-refractivity contribution in [3.8, 4) is 0 Å². The summed E-state index contributed by atoms with van der Waals surface area (Å²) in [4.78, 5) is 16.1. The average Bonchev–Trinajstić information content (AvgIpc) is 3.52. The zero-order valence-electron chi connectivity index (χ0n) is 18.1. The van der Waals surface area contributed by atoms with E-state index in [9.17, 15) is 9.35 Å². The minimum Gasteiger partial charge on any atom is -0.598 e. The highest BCUT2D eigenvalue weighted by atomic mass is 32.2. The molecule has 2 atom stereocenters. The van der Waals surface area contributed by atoms with Gasteiger partial charge in [-0.2, -0.15) is 0 Å². The van der Waals surface area contributed by atoms with Crippen molar-refractivity contribution in [2.24, 2.45) is 11.8 Å². The first-order valence-electron chi connectivity index (χ1n) is 10.9. The summed E-state index contributed by atoms with van der Waals surface area (Å²) < 4.78 is 16.2. The Balaban J connectivity index is 1.62. The van der Waals surface area contributed by atoms with Crippen LogP contribution in [0.5, 0.6) is 0 Å². The fourth-order valence-corrected chi connectivity index (χ4v) is 6.72. The number of piperidine rings is 2. The number of rotatable bonds is 7. The number of amides is 1. The number of thioether (sulfide) groups is 1. The normalized spacial score (nSPS) is 29.2. The van der Waals surface area contributed by atoms with Gasteiger partial charge in [0, 0.05) is 35.0 Å². The van der Waals surface area contributed by atoms with Gasteiger partial charge < -0.3 is 9.45 Å². The highest BCUT2D eigenvalue weighted by Crippen LogP contribution is 2.50. The van der Waals surface area contributed by atoms with E-state index in [1.54, 1.807) is 0 Å². The van der Waals surface area contributed by atoms with Crippen molar-refractivity contribution in [1.82, 2.24) is 9.62 Å². The second kappa shape index (κ2) is 8.10. The molecule has 2 aliphatic heterocycles. The Morgan fingerprint density at radius 3 is 2.38 bits per heavy atom. The Morgan fingerprint density at radius 1 is 1.21 bits per heavy atom. The third-order valence-corrected chi connectivity index (χ3v) is 9.72. The molecule has 5 rings (SSSR count). The van der Waals surface area contributed by atoms with Gasteiger partial charge in [0.15, 0.2) is 0 Å². The van der Waals surface area contributed by atoms with Crippen LogP contribution in [-0.2, 0) is 16.2 Å². The highest BCUT2D eigenvalue weighted by molar-refractivity contribution is 7.99. The molecule has 2 bridgehead atoms. The third-order valence-electron chi connectivity index (χ3n) is 6.91. The van der Waals surface area contributed by atoms with Crippen LogP contribution in [0.1, 0.15) is 70.9 Å². The largest absolute Gasteiger partial charge is 0.598 e. The number of fused-ring (bicyclic) bond motifs is 3. The maximum absolute atomic E-state index is 13.1. The summed E-state index contributed by atoms with van der Waals surface area (Å²) >= 11 is 0.728. The first-order chi connectivity index (χ1) is 13.7. The molecule has 1 aromatic rings. The maximum atomic E-state index is 13.1. The van der Waals surface area contributed by atoms with Crippen LogP contribution in [0.15, 0.2) is 29.2 Å². The molecule has 2 saturated heterocycles. The van der Waals surface area contributed by atoms with Crippen LogP contribution in [-0.4, -0.2) is 38.4 Å². The number of nitrogens with one attached hydrogen (secondary N) is 1. The summed E-state index contributed by atoms with van der Waals surface area (Å²) in [7, 11) is 1.95. The van der Waals surface area contributed by atoms with Crippen LogP contribution in [0, 0.1) is 11.8 Å². The van der Waals surface area contributed by atoms with Gasteiger partial charge in [-0.25, -0.2) is 0 Å². The van der Waals surface area contributed by atoms with E-state index in [1.807, 2.05) is 44.5 Å². The van der Waals surface area contributed by atoms with Crippen LogP contribution >= 0.6 is 11.8 Å². The molecule has 4 nitrogen and oxygen atoms in total. The Bertz CT molecular complexity index is 734. The summed E-state index contributed by atoms with van der Waals surface area (Å²) in [5.41, 5.74) is 0.841. The van der Waals surface area contributed by atoms with Gasteiger partial charge in [-0.1, -0.05) is 12.1 Å². The molecule has 2 saturated carbocycles. The number of nitrogens with zero attached hydrogens (tertiary/aromatic N) is 1. The van der Waals surface area contributed by atoms with Crippen molar-refractivity contribution >= 4 is 29.0 Å². The summed E-state index contributed by atoms with van der Waals surface area (Å²) in [6.45, 7) is 5.99. The minimum absolute atomic E-state index is 0.125. The molecule has 0 radical (unpaired) electrons. The summed E-state index contributed by atoms with van der Waals surface area (Å²) in [5.74, 6) is 2.54. The minimum atomic E-state index is -1.21. The molecule has 0 aromatic heterocycles. The van der Waals surface area contributed by atoms with E-state index in [0.29, 0.717) is 0 Å². The van der Waals surface area contributed by atoms with E-state index in [2.05, 4.69) is 29.0 Å². The maximum Gasteiger partial charge on any atom is 0.225 e. The van der Waals surface area contributed by atoms with Gasteiger partial charge in [-0.15, -0.1) is 16.5 Å². The molecule has 4 fully saturated rings. The molecule has 160 valence electrons. The summed E-state index contributed by atoms with van der Waals surface area (Å²) in [6.07, 6.45) is 6.57. The number of carbonyl (C=O) groups excluding carboxylic acids is 1. The lowest BCUT2D eigenvalue weighted by molar-refractivity contribution is -0.155. The van der Waals surface area contributed by atoms with E-state index in [0.717, 1.165) is 37.2 Å². The lowest BCUT2D eigenvalue weighted by Crippen LogP contribution is -2.65. The van der Waals surface area contributed by atoms with Gasteiger partial charge in [-0.05, 0) is 82.9 Å². The smallest absolute Gasteiger partial charge is 0.225 e. The highest BCUT2D eigenvalue weighted by Gasteiger charge is 2.55. The second-order valence-electron chi connectivity index (χ2n) is 10.0. The fraction of sp³-hybridized carbons (Fsp3) is 0.696. The molecular weight excluding hydrogens is 400 g/mol. The SMILES string of the molecule is CN1C(=O)C2CCC1([C@H](N[S@+]([O-])C(C)(C)C)c1ccc(SCC3CC3)cc1)CC2. The summed E-state index contributed by atoms with van der Waals surface area (Å²) in [6, 6.07) is 8.63. The van der Waals surface area contributed by atoms with Crippen molar-refractivity contribution in [3.63, 3.8) is 0 Å². The molecule has 4 aliphatic rings. The Morgan fingerprint density at radius 2 is 1.83 bits per heavy atom. The molecule has 0 spiro atoms. The Hall–Kier alpha value is -0.690. The molecule has 1 aromatic carbocycles. The predicted molar refractivity (Wildman–Crippen MR) is 121 cm³/mol. The number of likely N-dealkylation sites (N-methyl/N-ethyl adjacent to an activating group) is 1. The van der Waals surface area contributed by atoms with Crippen molar-refractivity contribution in [1.29, 1.82) is 0 Å². The van der Waals surface area contributed by atoms with Gasteiger partial charge in [0.25, 0.3) is 0 Å². The molecule has 1 amide bonds. The van der Waals surface area contributed by atoms with Crippen LogP contribution in [0.3, 0.4) is 0 Å². The first kappa shape index (κ1) is 21.5. The van der Waals surface area contributed by atoms with Gasteiger partial charge in [0.05, 0.1) is 5.54 Å². The van der Waals surface area contributed by atoms with E-state index < -0.39 is 11.4 Å². The molecule has 1 N–H and O–H groups in total. The van der Waals surface area contributed by atoms with E-state index in [-0.39, 0.29) is 28.2 Å². The van der Waals surface area contributed by atoms with E-state index in [1.165, 1.54) is 23.5 Å². The van der Waals surface area contributed by atoms with Gasteiger partial charge in [-0.3, -0.25) is 4.79 Å². The fourth-order valence-electron chi connectivity index (χ4n) is 4.70. The van der Waals surface area contributed by atoms with Crippen molar-refractivity contribution < 1.29 is 9.35 Å². The van der Waals surface area contributed by atoms with Gasteiger partial charge in [0.2, 0.25) is 5.91 Å². The van der Waals surface area contributed by atoms with Crippen molar-refractivity contribution in [2.45, 2.75) is 80.5 Å². The van der Waals surface area contributed by atoms with Gasteiger partial charge >= 0.3 is 0 Å². The average molecular weight is 435 g/mol. The Labute approximate surface area is 182 Å². The first-order valence-corrected chi connectivity index (χ1v) is 13.0. The molecule has 29 heavy (non-hydrogen) atoms. The lowest BCUT2D eigenvalue weighted by atomic mass is 9.65. The van der Waals surface area contributed by atoms with E-state index >= 15 is 0 Å². The van der Waals surface area contributed by atoms with Crippen LogP contribution in [0.2, 0.25) is 0 Å². The number of carbonyl (C=O) groups is 1.